The Morgan fingerprint density at radius 2 is 1.70 bits per heavy atom. The lowest BCUT2D eigenvalue weighted by Crippen LogP contribution is -2.12. The molecule has 1 aromatic rings. The third kappa shape index (κ3) is 4.02. The second kappa shape index (κ2) is 6.46. The Labute approximate surface area is 114 Å². The van der Waals surface area contributed by atoms with Gasteiger partial charge in [0.05, 0.1) is 29.7 Å². The van der Waals surface area contributed by atoms with Gasteiger partial charge in [-0.15, -0.1) is 0 Å². The molecule has 0 bridgehead atoms. The Morgan fingerprint density at radius 1 is 1.15 bits per heavy atom. The molecule has 110 valence electrons. The number of rotatable bonds is 5. The van der Waals surface area contributed by atoms with Crippen LogP contribution in [0, 0.1) is 0 Å². The summed E-state index contributed by atoms with van der Waals surface area (Å²) in [5.74, 6) is -1.83. The SMILES string of the molecule is COC(=O)c1cc(C(=O)OCCO)cc(S(=O)(=O)O)c1. The van der Waals surface area contributed by atoms with Gasteiger partial charge in [-0.1, -0.05) is 0 Å². The standard InChI is InChI=1S/C11H12O8S/c1-18-10(13)7-4-8(11(14)19-3-2-12)6-9(5-7)20(15,16)17/h4-6,12H,2-3H2,1H3,(H,15,16,17). The number of hydrogen-bond acceptors (Lipinski definition) is 7. The van der Waals surface area contributed by atoms with E-state index in [1.54, 1.807) is 0 Å². The van der Waals surface area contributed by atoms with Gasteiger partial charge in [0.25, 0.3) is 10.1 Å². The molecule has 0 amide bonds. The molecule has 0 unspecified atom stereocenters. The van der Waals surface area contributed by atoms with Crippen LogP contribution in [0.4, 0.5) is 0 Å². The second-order valence-corrected chi connectivity index (χ2v) is 4.99. The van der Waals surface area contributed by atoms with Crippen molar-refractivity contribution in [1.82, 2.24) is 0 Å². The van der Waals surface area contributed by atoms with E-state index >= 15 is 0 Å². The maximum atomic E-state index is 11.6. The number of carbonyl (C=O) groups is 2. The molecule has 0 saturated carbocycles. The van der Waals surface area contributed by atoms with Crippen LogP contribution in [0.1, 0.15) is 20.7 Å². The van der Waals surface area contributed by atoms with E-state index in [0.29, 0.717) is 0 Å². The van der Waals surface area contributed by atoms with Crippen molar-refractivity contribution < 1.29 is 37.1 Å². The molecule has 0 radical (unpaired) electrons. The van der Waals surface area contributed by atoms with E-state index < -0.39 is 33.6 Å². The molecule has 1 aromatic carbocycles. The van der Waals surface area contributed by atoms with Crippen LogP contribution in [0.2, 0.25) is 0 Å². The third-order valence-electron chi connectivity index (χ3n) is 2.19. The highest BCUT2D eigenvalue weighted by atomic mass is 32.2. The van der Waals surface area contributed by atoms with E-state index in [1.807, 2.05) is 0 Å². The average molecular weight is 304 g/mol. The van der Waals surface area contributed by atoms with E-state index in [4.69, 9.17) is 9.66 Å². The molecule has 20 heavy (non-hydrogen) atoms. The molecule has 8 nitrogen and oxygen atoms in total. The lowest BCUT2D eigenvalue weighted by Gasteiger charge is -2.07. The maximum Gasteiger partial charge on any atom is 0.338 e. The zero-order valence-corrected chi connectivity index (χ0v) is 11.2. The molecule has 0 aliphatic rings. The van der Waals surface area contributed by atoms with Crippen molar-refractivity contribution >= 4 is 22.1 Å². The minimum Gasteiger partial charge on any atom is -0.465 e. The van der Waals surface area contributed by atoms with Gasteiger partial charge in [0.1, 0.15) is 6.61 Å². The Hall–Kier alpha value is -1.97. The molecule has 0 aliphatic carbocycles. The summed E-state index contributed by atoms with van der Waals surface area (Å²) in [6.45, 7) is -0.698. The van der Waals surface area contributed by atoms with Crippen LogP contribution in [0.25, 0.3) is 0 Å². The highest BCUT2D eigenvalue weighted by Crippen LogP contribution is 2.17. The zero-order valence-electron chi connectivity index (χ0n) is 10.4. The minimum atomic E-state index is -4.61. The summed E-state index contributed by atoms with van der Waals surface area (Å²) in [6, 6.07) is 2.77. The fourth-order valence-corrected chi connectivity index (χ4v) is 1.88. The van der Waals surface area contributed by atoms with Crippen LogP contribution < -0.4 is 0 Å². The first-order chi connectivity index (χ1) is 9.29. The number of ether oxygens (including phenoxy) is 2. The first-order valence-electron chi connectivity index (χ1n) is 5.28. The summed E-state index contributed by atoms with van der Waals surface area (Å²) in [5.41, 5.74) is -0.507. The summed E-state index contributed by atoms with van der Waals surface area (Å²) in [7, 11) is -3.53. The molecule has 0 aromatic heterocycles. The van der Waals surface area contributed by atoms with Crippen molar-refractivity contribution in [2.45, 2.75) is 4.90 Å². The minimum absolute atomic E-state index is 0.237. The normalized spacial score (nSPS) is 10.9. The molecule has 0 atom stereocenters. The van der Waals surface area contributed by atoms with Crippen LogP contribution >= 0.6 is 0 Å². The molecular formula is C11H12O8S. The van der Waals surface area contributed by atoms with Gasteiger partial charge in [0.15, 0.2) is 0 Å². The molecule has 0 saturated heterocycles. The largest absolute Gasteiger partial charge is 0.465 e. The average Bonchev–Trinajstić information content (AvgIpc) is 2.42. The molecule has 1 rings (SSSR count). The molecule has 9 heteroatoms. The Morgan fingerprint density at radius 3 is 2.15 bits per heavy atom. The zero-order chi connectivity index (χ0) is 15.3. The van der Waals surface area contributed by atoms with E-state index in [2.05, 4.69) is 9.47 Å². The quantitative estimate of drug-likeness (QED) is 0.569. The lowest BCUT2D eigenvalue weighted by molar-refractivity contribution is 0.0433. The van der Waals surface area contributed by atoms with Gasteiger partial charge >= 0.3 is 11.9 Å². The predicted molar refractivity (Wildman–Crippen MR) is 65.0 cm³/mol. The Kier molecular flexibility index (Phi) is 5.19. The molecule has 0 fully saturated rings. The molecule has 2 N–H and O–H groups in total. The van der Waals surface area contributed by atoms with Gasteiger partial charge in [-0.2, -0.15) is 8.42 Å². The van der Waals surface area contributed by atoms with Gasteiger partial charge in [-0.3, -0.25) is 4.55 Å². The molecule has 0 spiro atoms. The summed E-state index contributed by atoms with van der Waals surface area (Å²) in [5, 5.41) is 8.54. The lowest BCUT2D eigenvalue weighted by atomic mass is 10.1. The van der Waals surface area contributed by atoms with Crippen LogP contribution in [-0.4, -0.2) is 50.3 Å². The van der Waals surface area contributed by atoms with Gasteiger partial charge in [0, 0.05) is 0 Å². The van der Waals surface area contributed by atoms with Crippen molar-refractivity contribution in [3.63, 3.8) is 0 Å². The fourth-order valence-electron chi connectivity index (χ4n) is 1.32. The molecule has 0 heterocycles. The number of benzene rings is 1. The van der Waals surface area contributed by atoms with E-state index in [-0.39, 0.29) is 17.7 Å². The van der Waals surface area contributed by atoms with Crippen molar-refractivity contribution in [1.29, 1.82) is 0 Å². The van der Waals surface area contributed by atoms with Gasteiger partial charge in [0.2, 0.25) is 0 Å². The van der Waals surface area contributed by atoms with E-state index in [9.17, 15) is 18.0 Å². The number of hydrogen-bond donors (Lipinski definition) is 2. The maximum absolute atomic E-state index is 11.6. The van der Waals surface area contributed by atoms with Gasteiger partial charge in [-0.05, 0) is 18.2 Å². The fraction of sp³-hybridized carbons (Fsp3) is 0.273. The topological polar surface area (TPSA) is 127 Å². The highest BCUT2D eigenvalue weighted by molar-refractivity contribution is 7.85. The smallest absolute Gasteiger partial charge is 0.338 e. The van der Waals surface area contributed by atoms with Crippen LogP contribution in [0.3, 0.4) is 0 Å². The summed E-state index contributed by atoms with van der Waals surface area (Å²) in [4.78, 5) is 22.3. The first kappa shape index (κ1) is 16.1. The van der Waals surface area contributed by atoms with Crippen molar-refractivity contribution in [2.75, 3.05) is 20.3 Å². The van der Waals surface area contributed by atoms with Gasteiger partial charge < -0.3 is 14.6 Å². The van der Waals surface area contributed by atoms with Crippen molar-refractivity contribution in [3.8, 4) is 0 Å². The van der Waals surface area contributed by atoms with Crippen LogP contribution in [0.5, 0.6) is 0 Å². The van der Waals surface area contributed by atoms with Crippen molar-refractivity contribution in [3.05, 3.63) is 29.3 Å². The number of carbonyl (C=O) groups excluding carboxylic acids is 2. The first-order valence-corrected chi connectivity index (χ1v) is 6.72. The summed E-state index contributed by atoms with van der Waals surface area (Å²) < 4.78 is 40.2. The third-order valence-corrected chi connectivity index (χ3v) is 3.02. The summed E-state index contributed by atoms with van der Waals surface area (Å²) in [6.07, 6.45) is 0. The molecule has 0 aliphatic heterocycles. The van der Waals surface area contributed by atoms with E-state index in [1.165, 1.54) is 0 Å². The van der Waals surface area contributed by atoms with Crippen LogP contribution in [-0.2, 0) is 19.6 Å². The number of esters is 2. The Balaban J connectivity index is 3.30. The van der Waals surface area contributed by atoms with Crippen molar-refractivity contribution in [2.24, 2.45) is 0 Å². The number of methoxy groups -OCH3 is 1. The second-order valence-electron chi connectivity index (χ2n) is 3.57. The highest BCUT2D eigenvalue weighted by Gasteiger charge is 2.19. The molecular weight excluding hydrogens is 292 g/mol. The Bertz CT molecular complexity index is 619. The number of aliphatic hydroxyl groups is 1. The van der Waals surface area contributed by atoms with Crippen LogP contribution in [0.15, 0.2) is 23.1 Å². The summed E-state index contributed by atoms with van der Waals surface area (Å²) >= 11 is 0. The predicted octanol–water partition coefficient (Wildman–Crippen LogP) is -0.131. The van der Waals surface area contributed by atoms with Gasteiger partial charge in [-0.25, -0.2) is 9.59 Å². The number of aliphatic hydroxyl groups excluding tert-OH is 1. The van der Waals surface area contributed by atoms with E-state index in [0.717, 1.165) is 25.3 Å². The monoisotopic (exact) mass is 304 g/mol.